The van der Waals surface area contributed by atoms with Gasteiger partial charge in [0.15, 0.2) is 0 Å². The van der Waals surface area contributed by atoms with E-state index in [2.05, 4.69) is 25.5 Å². The fraction of sp³-hybridized carbons (Fsp3) is 0.519. The highest BCUT2D eigenvalue weighted by Gasteiger charge is 2.27. The number of carbonyl (C=O) groups excluding carboxylic acids is 1. The van der Waals surface area contributed by atoms with Crippen LogP contribution in [0.1, 0.15) is 79.5 Å². The van der Waals surface area contributed by atoms with Gasteiger partial charge in [-0.05, 0) is 85.5 Å². The monoisotopic (exact) mass is 502 g/mol. The molecule has 1 fully saturated rings. The molecular weight excluding hydrogens is 464 g/mol. The molecule has 2 aromatic rings. The molecule has 0 aromatic heterocycles. The minimum absolute atomic E-state index is 0.0362. The summed E-state index contributed by atoms with van der Waals surface area (Å²) in [7, 11) is -0.779. The van der Waals surface area contributed by atoms with E-state index in [4.69, 9.17) is 9.47 Å². The van der Waals surface area contributed by atoms with Gasteiger partial charge in [0.25, 0.3) is 5.91 Å². The van der Waals surface area contributed by atoms with E-state index < -0.39 is 16.1 Å². The van der Waals surface area contributed by atoms with Gasteiger partial charge in [0.2, 0.25) is 10.0 Å². The molecule has 7 nitrogen and oxygen atoms in total. The minimum atomic E-state index is -3.90. The fourth-order valence-electron chi connectivity index (χ4n) is 4.58. The molecule has 0 saturated carbocycles. The third kappa shape index (κ3) is 5.98. The fourth-order valence-corrected chi connectivity index (χ4v) is 5.83. The number of nitrogens with one attached hydrogen (secondary N) is 1. The summed E-state index contributed by atoms with van der Waals surface area (Å²) in [5, 5.41) is 0. The zero-order valence-electron chi connectivity index (χ0n) is 21.8. The summed E-state index contributed by atoms with van der Waals surface area (Å²) in [6.45, 7) is 11.4. The van der Waals surface area contributed by atoms with Crippen molar-refractivity contribution in [2.24, 2.45) is 5.92 Å². The molecular formula is C27H38N2O5S. The Labute approximate surface area is 209 Å². The van der Waals surface area contributed by atoms with E-state index in [-0.39, 0.29) is 22.3 Å². The number of hydrogen-bond donors (Lipinski definition) is 1. The van der Waals surface area contributed by atoms with Crippen molar-refractivity contribution in [1.29, 1.82) is 0 Å². The molecule has 1 amide bonds. The quantitative estimate of drug-likeness (QED) is 0.546. The molecule has 0 radical (unpaired) electrons. The number of rotatable bonds is 8. The number of piperidine rings is 1. The molecule has 1 N–H and O–H groups in total. The minimum Gasteiger partial charge on any atom is -0.496 e. The van der Waals surface area contributed by atoms with Crippen molar-refractivity contribution < 1.29 is 22.7 Å². The van der Waals surface area contributed by atoms with Gasteiger partial charge in [0.05, 0.1) is 24.7 Å². The smallest absolute Gasteiger partial charge is 0.257 e. The first-order valence-corrected chi connectivity index (χ1v) is 13.6. The Balaban J connectivity index is 1.90. The summed E-state index contributed by atoms with van der Waals surface area (Å²) in [4.78, 5) is 15.0. The normalized spacial score (nSPS) is 15.8. The molecule has 192 valence electrons. The first-order valence-electron chi connectivity index (χ1n) is 12.2. The Morgan fingerprint density at radius 2 is 1.63 bits per heavy atom. The van der Waals surface area contributed by atoms with Gasteiger partial charge in [0, 0.05) is 19.1 Å². The van der Waals surface area contributed by atoms with Crippen molar-refractivity contribution in [3.8, 4) is 11.5 Å². The van der Waals surface area contributed by atoms with E-state index in [1.165, 1.54) is 19.2 Å². The molecule has 3 rings (SSSR count). The largest absolute Gasteiger partial charge is 0.496 e. The lowest BCUT2D eigenvalue weighted by molar-refractivity contribution is 0.0693. The topological polar surface area (TPSA) is 84.9 Å². The SMILES string of the molecule is COc1ccc(S(=O)(=O)N[C@H](C)c2cc(C(C)C)c(OC)cc2C)cc1C(=O)N1CCC(C)CC1. The molecule has 1 heterocycles. The number of benzene rings is 2. The van der Waals surface area contributed by atoms with Gasteiger partial charge < -0.3 is 14.4 Å². The van der Waals surface area contributed by atoms with E-state index in [0.717, 1.165) is 35.3 Å². The summed E-state index contributed by atoms with van der Waals surface area (Å²) in [6, 6.07) is 7.92. The van der Waals surface area contributed by atoms with Crippen molar-refractivity contribution in [3.63, 3.8) is 0 Å². The molecule has 1 aliphatic heterocycles. The second-order valence-electron chi connectivity index (χ2n) is 9.79. The van der Waals surface area contributed by atoms with Crippen LogP contribution in [0, 0.1) is 12.8 Å². The van der Waals surface area contributed by atoms with E-state index in [9.17, 15) is 13.2 Å². The van der Waals surface area contributed by atoms with Crippen LogP contribution in [0.5, 0.6) is 11.5 Å². The van der Waals surface area contributed by atoms with Crippen LogP contribution in [0.2, 0.25) is 0 Å². The molecule has 35 heavy (non-hydrogen) atoms. The van der Waals surface area contributed by atoms with E-state index in [0.29, 0.717) is 24.8 Å². The van der Waals surface area contributed by atoms with Crippen molar-refractivity contribution >= 4 is 15.9 Å². The number of aryl methyl sites for hydroxylation is 1. The highest BCUT2D eigenvalue weighted by molar-refractivity contribution is 7.89. The Hall–Kier alpha value is -2.58. The first-order chi connectivity index (χ1) is 16.5. The lowest BCUT2D eigenvalue weighted by atomic mass is 9.94. The average Bonchev–Trinajstić information content (AvgIpc) is 2.82. The molecule has 0 unspecified atom stereocenters. The molecule has 1 atom stereocenters. The highest BCUT2D eigenvalue weighted by Crippen LogP contribution is 2.33. The zero-order valence-corrected chi connectivity index (χ0v) is 22.7. The second kappa shape index (κ2) is 11.0. The molecule has 1 aliphatic rings. The predicted octanol–water partition coefficient (Wildman–Crippen LogP) is 5.05. The van der Waals surface area contributed by atoms with Crippen LogP contribution in [-0.4, -0.2) is 46.5 Å². The summed E-state index contributed by atoms with van der Waals surface area (Å²) < 4.78 is 40.4. The summed E-state index contributed by atoms with van der Waals surface area (Å²) >= 11 is 0. The number of nitrogens with zero attached hydrogens (tertiary/aromatic N) is 1. The Morgan fingerprint density at radius 1 is 1.00 bits per heavy atom. The van der Waals surface area contributed by atoms with E-state index >= 15 is 0 Å². The predicted molar refractivity (Wildman–Crippen MR) is 138 cm³/mol. The third-order valence-corrected chi connectivity index (χ3v) is 8.36. The second-order valence-corrected chi connectivity index (χ2v) is 11.5. The van der Waals surface area contributed by atoms with Crippen molar-refractivity contribution in [2.45, 2.75) is 64.3 Å². The van der Waals surface area contributed by atoms with E-state index in [1.807, 2.05) is 26.0 Å². The molecule has 0 spiro atoms. The van der Waals surface area contributed by atoms with Crippen LogP contribution < -0.4 is 14.2 Å². The van der Waals surface area contributed by atoms with Crippen LogP contribution in [-0.2, 0) is 10.0 Å². The standard InChI is InChI=1S/C27H38N2O5S/c1-17(2)22-16-23(19(4)14-26(22)34-7)20(5)28-35(31,32)21-8-9-25(33-6)24(15-21)27(30)29-12-10-18(3)11-13-29/h8-9,14-18,20,28H,10-13H2,1-7H3/t20-/m1/s1. The lowest BCUT2D eigenvalue weighted by Crippen LogP contribution is -2.38. The van der Waals surface area contributed by atoms with Crippen molar-refractivity contribution in [3.05, 3.63) is 52.6 Å². The number of methoxy groups -OCH3 is 2. The van der Waals surface area contributed by atoms with Crippen LogP contribution in [0.25, 0.3) is 0 Å². The van der Waals surface area contributed by atoms with Crippen LogP contribution in [0.4, 0.5) is 0 Å². The average molecular weight is 503 g/mol. The molecule has 8 heteroatoms. The lowest BCUT2D eigenvalue weighted by Gasteiger charge is -2.30. The highest BCUT2D eigenvalue weighted by atomic mass is 32.2. The number of amides is 1. The zero-order chi connectivity index (χ0) is 25.9. The molecule has 0 bridgehead atoms. The maximum absolute atomic E-state index is 13.4. The Morgan fingerprint density at radius 3 is 2.20 bits per heavy atom. The van der Waals surface area contributed by atoms with Crippen molar-refractivity contribution in [2.75, 3.05) is 27.3 Å². The molecule has 1 saturated heterocycles. The van der Waals surface area contributed by atoms with Gasteiger partial charge in [-0.3, -0.25) is 4.79 Å². The molecule has 0 aliphatic carbocycles. The Bertz CT molecular complexity index is 1170. The number of likely N-dealkylation sites (tertiary alicyclic amines) is 1. The number of carbonyl (C=O) groups is 1. The summed E-state index contributed by atoms with van der Waals surface area (Å²) in [5.41, 5.74) is 3.10. The van der Waals surface area contributed by atoms with Crippen LogP contribution in [0.15, 0.2) is 35.2 Å². The number of sulfonamides is 1. The first kappa shape index (κ1) is 27.0. The molecule has 2 aromatic carbocycles. The van der Waals surface area contributed by atoms with Crippen LogP contribution in [0.3, 0.4) is 0 Å². The van der Waals surface area contributed by atoms with Gasteiger partial charge in [-0.2, -0.15) is 0 Å². The third-order valence-electron chi connectivity index (χ3n) is 6.82. The maximum atomic E-state index is 13.4. The number of hydrogen-bond acceptors (Lipinski definition) is 5. The summed E-state index contributed by atoms with van der Waals surface area (Å²) in [6.07, 6.45) is 1.87. The van der Waals surface area contributed by atoms with Gasteiger partial charge in [0.1, 0.15) is 11.5 Å². The van der Waals surface area contributed by atoms with Gasteiger partial charge in [-0.1, -0.05) is 20.8 Å². The van der Waals surface area contributed by atoms with Crippen LogP contribution >= 0.6 is 0 Å². The number of ether oxygens (including phenoxy) is 2. The van der Waals surface area contributed by atoms with Crippen molar-refractivity contribution in [1.82, 2.24) is 9.62 Å². The maximum Gasteiger partial charge on any atom is 0.257 e. The van der Waals surface area contributed by atoms with E-state index in [1.54, 1.807) is 18.1 Å². The Kier molecular flexibility index (Phi) is 8.49. The van der Waals surface area contributed by atoms with Gasteiger partial charge in [-0.15, -0.1) is 0 Å². The van der Waals surface area contributed by atoms with Gasteiger partial charge >= 0.3 is 0 Å². The van der Waals surface area contributed by atoms with Gasteiger partial charge in [-0.25, -0.2) is 13.1 Å². The summed E-state index contributed by atoms with van der Waals surface area (Å²) in [5.74, 6) is 1.76.